The fourth-order valence-corrected chi connectivity index (χ4v) is 3.82. The van der Waals surface area contributed by atoms with E-state index in [0.717, 1.165) is 37.7 Å². The maximum absolute atomic E-state index is 12.8. The van der Waals surface area contributed by atoms with Gasteiger partial charge in [0.25, 0.3) is 5.91 Å². The SMILES string of the molecule is Cc1nc(C2CC2)oc1C(=O)N1CCC(Cc2ccccc2C(=O)O)CC1. The second-order valence-electron chi connectivity index (χ2n) is 7.64. The van der Waals surface area contributed by atoms with Crippen LogP contribution in [-0.4, -0.2) is 40.0 Å². The van der Waals surface area contributed by atoms with E-state index in [9.17, 15) is 14.7 Å². The molecule has 1 saturated carbocycles. The van der Waals surface area contributed by atoms with Gasteiger partial charge in [-0.05, 0) is 56.6 Å². The summed E-state index contributed by atoms with van der Waals surface area (Å²) in [6.07, 6.45) is 4.65. The molecule has 0 unspecified atom stereocenters. The van der Waals surface area contributed by atoms with Gasteiger partial charge in [-0.15, -0.1) is 0 Å². The Morgan fingerprint density at radius 1 is 1.19 bits per heavy atom. The largest absolute Gasteiger partial charge is 0.478 e. The molecule has 4 rings (SSSR count). The molecule has 2 aliphatic rings. The number of likely N-dealkylation sites (tertiary alicyclic amines) is 1. The van der Waals surface area contributed by atoms with Crippen LogP contribution in [0.15, 0.2) is 28.7 Å². The second kappa shape index (κ2) is 7.18. The molecule has 1 saturated heterocycles. The van der Waals surface area contributed by atoms with Gasteiger partial charge in [0.05, 0.1) is 11.3 Å². The van der Waals surface area contributed by atoms with Gasteiger partial charge in [-0.2, -0.15) is 0 Å². The zero-order valence-electron chi connectivity index (χ0n) is 15.5. The highest BCUT2D eigenvalue weighted by Gasteiger charge is 2.33. The molecular weight excluding hydrogens is 344 g/mol. The molecule has 2 fully saturated rings. The van der Waals surface area contributed by atoms with Crippen molar-refractivity contribution in [3.8, 4) is 0 Å². The first-order valence-corrected chi connectivity index (χ1v) is 9.60. The number of rotatable bonds is 5. The van der Waals surface area contributed by atoms with Crippen LogP contribution < -0.4 is 0 Å². The molecule has 6 heteroatoms. The maximum atomic E-state index is 12.8. The van der Waals surface area contributed by atoms with E-state index in [1.54, 1.807) is 12.1 Å². The highest BCUT2D eigenvalue weighted by Crippen LogP contribution is 2.40. The number of carboxylic acids is 1. The van der Waals surface area contributed by atoms with Crippen LogP contribution in [-0.2, 0) is 6.42 Å². The van der Waals surface area contributed by atoms with E-state index in [-0.39, 0.29) is 5.91 Å². The Balaban J connectivity index is 1.38. The van der Waals surface area contributed by atoms with Crippen molar-refractivity contribution >= 4 is 11.9 Å². The van der Waals surface area contributed by atoms with E-state index >= 15 is 0 Å². The lowest BCUT2D eigenvalue weighted by molar-refractivity contribution is 0.0655. The van der Waals surface area contributed by atoms with E-state index in [2.05, 4.69) is 4.98 Å². The van der Waals surface area contributed by atoms with Gasteiger partial charge in [0.1, 0.15) is 0 Å². The van der Waals surface area contributed by atoms with E-state index in [1.807, 2.05) is 24.0 Å². The number of aromatic nitrogens is 1. The zero-order valence-corrected chi connectivity index (χ0v) is 15.5. The van der Waals surface area contributed by atoms with Crippen LogP contribution in [0, 0.1) is 12.8 Å². The molecule has 1 amide bonds. The van der Waals surface area contributed by atoms with Crippen LogP contribution >= 0.6 is 0 Å². The molecule has 0 bridgehead atoms. The first-order chi connectivity index (χ1) is 13.0. The molecular formula is C21H24N2O4. The van der Waals surface area contributed by atoms with Crippen LogP contribution in [0.2, 0.25) is 0 Å². The molecule has 0 radical (unpaired) electrons. The van der Waals surface area contributed by atoms with Gasteiger partial charge in [-0.1, -0.05) is 18.2 Å². The molecule has 1 aliphatic carbocycles. The number of carboxylic acid groups (broad SMARTS) is 1. The van der Waals surface area contributed by atoms with Gasteiger partial charge in [-0.3, -0.25) is 4.79 Å². The summed E-state index contributed by atoms with van der Waals surface area (Å²) in [6, 6.07) is 7.17. The second-order valence-corrected chi connectivity index (χ2v) is 7.64. The van der Waals surface area contributed by atoms with Gasteiger partial charge in [0, 0.05) is 19.0 Å². The smallest absolute Gasteiger partial charge is 0.335 e. The van der Waals surface area contributed by atoms with Crippen molar-refractivity contribution in [1.29, 1.82) is 0 Å². The number of piperidine rings is 1. The normalized spacial score (nSPS) is 17.9. The first kappa shape index (κ1) is 17.8. The molecule has 2 aromatic rings. The summed E-state index contributed by atoms with van der Waals surface area (Å²) in [5.74, 6) is 0.905. The number of nitrogens with zero attached hydrogens (tertiary/aromatic N) is 2. The minimum Gasteiger partial charge on any atom is -0.478 e. The summed E-state index contributed by atoms with van der Waals surface area (Å²) in [4.78, 5) is 30.4. The minimum atomic E-state index is -0.884. The summed E-state index contributed by atoms with van der Waals surface area (Å²) < 4.78 is 5.75. The average molecular weight is 368 g/mol. The number of amides is 1. The van der Waals surface area contributed by atoms with Crippen LogP contribution in [0.4, 0.5) is 0 Å². The van der Waals surface area contributed by atoms with Crippen molar-refractivity contribution in [2.75, 3.05) is 13.1 Å². The lowest BCUT2D eigenvalue weighted by Gasteiger charge is -2.31. The minimum absolute atomic E-state index is 0.0729. The van der Waals surface area contributed by atoms with Gasteiger partial charge in [0.15, 0.2) is 5.89 Å². The lowest BCUT2D eigenvalue weighted by atomic mass is 9.88. The van der Waals surface area contributed by atoms with Crippen molar-refractivity contribution in [3.63, 3.8) is 0 Å². The highest BCUT2D eigenvalue weighted by molar-refractivity contribution is 5.92. The molecule has 2 heterocycles. The van der Waals surface area contributed by atoms with Crippen LogP contribution in [0.5, 0.6) is 0 Å². The number of carbonyl (C=O) groups is 2. The highest BCUT2D eigenvalue weighted by atomic mass is 16.4. The molecule has 0 atom stereocenters. The molecule has 6 nitrogen and oxygen atoms in total. The quantitative estimate of drug-likeness (QED) is 0.871. The molecule has 1 aromatic heterocycles. The Morgan fingerprint density at radius 2 is 1.89 bits per heavy atom. The topological polar surface area (TPSA) is 83.6 Å². The number of aryl methyl sites for hydroxylation is 1. The number of hydrogen-bond donors (Lipinski definition) is 1. The summed E-state index contributed by atoms with van der Waals surface area (Å²) >= 11 is 0. The Bertz CT molecular complexity index is 861. The molecule has 0 spiro atoms. The third-order valence-corrected chi connectivity index (χ3v) is 5.59. The number of hydrogen-bond acceptors (Lipinski definition) is 4. The molecule has 1 N–H and O–H groups in total. The summed E-state index contributed by atoms with van der Waals surface area (Å²) in [6.45, 7) is 3.16. The Hall–Kier alpha value is -2.63. The molecule has 1 aromatic carbocycles. The van der Waals surface area contributed by atoms with Crippen LogP contribution in [0.1, 0.15) is 69.7 Å². The third kappa shape index (κ3) is 3.75. The van der Waals surface area contributed by atoms with Crippen LogP contribution in [0.25, 0.3) is 0 Å². The fraction of sp³-hybridized carbons (Fsp3) is 0.476. The average Bonchev–Trinajstić information content (AvgIpc) is 3.44. The lowest BCUT2D eigenvalue weighted by Crippen LogP contribution is -2.39. The van der Waals surface area contributed by atoms with Crippen molar-refractivity contribution in [2.24, 2.45) is 5.92 Å². The predicted molar refractivity (Wildman–Crippen MR) is 98.9 cm³/mol. The standard InChI is InChI=1S/C21H24N2O4/c1-13-18(27-19(22-13)15-6-7-15)20(24)23-10-8-14(9-11-23)12-16-4-2-3-5-17(16)21(25)26/h2-5,14-15H,6-12H2,1H3,(H,25,26). The fourth-order valence-electron chi connectivity index (χ4n) is 3.82. The van der Waals surface area contributed by atoms with Gasteiger partial charge in [-0.25, -0.2) is 9.78 Å². The van der Waals surface area contributed by atoms with Gasteiger partial charge >= 0.3 is 5.97 Å². The van der Waals surface area contributed by atoms with E-state index in [0.29, 0.717) is 47.8 Å². The van der Waals surface area contributed by atoms with Crippen molar-refractivity contribution in [1.82, 2.24) is 9.88 Å². The van der Waals surface area contributed by atoms with E-state index < -0.39 is 5.97 Å². The number of aromatic carboxylic acids is 1. The van der Waals surface area contributed by atoms with Gasteiger partial charge in [0.2, 0.25) is 5.76 Å². The number of benzene rings is 1. The van der Waals surface area contributed by atoms with Crippen LogP contribution in [0.3, 0.4) is 0 Å². The van der Waals surface area contributed by atoms with Crippen molar-refractivity contribution in [2.45, 2.75) is 44.9 Å². The van der Waals surface area contributed by atoms with Gasteiger partial charge < -0.3 is 14.4 Å². The zero-order chi connectivity index (χ0) is 19.0. The Kier molecular flexibility index (Phi) is 4.72. The molecule has 1 aliphatic heterocycles. The summed E-state index contributed by atoms with van der Waals surface area (Å²) in [5.41, 5.74) is 1.93. The number of carbonyl (C=O) groups excluding carboxylic acids is 1. The van der Waals surface area contributed by atoms with E-state index in [1.165, 1.54) is 0 Å². The third-order valence-electron chi connectivity index (χ3n) is 5.59. The van der Waals surface area contributed by atoms with E-state index in [4.69, 9.17) is 4.42 Å². The number of oxazole rings is 1. The van der Waals surface area contributed by atoms with Crippen molar-refractivity contribution in [3.05, 3.63) is 52.7 Å². The van der Waals surface area contributed by atoms with Crippen molar-refractivity contribution < 1.29 is 19.1 Å². The summed E-state index contributed by atoms with van der Waals surface area (Å²) in [7, 11) is 0. The maximum Gasteiger partial charge on any atom is 0.335 e. The predicted octanol–water partition coefficient (Wildman–Crippen LogP) is 3.65. The first-order valence-electron chi connectivity index (χ1n) is 9.60. The molecule has 142 valence electrons. The summed E-state index contributed by atoms with van der Waals surface area (Å²) in [5, 5.41) is 9.34. The molecule has 27 heavy (non-hydrogen) atoms. The monoisotopic (exact) mass is 368 g/mol. The Labute approximate surface area is 158 Å². The Morgan fingerprint density at radius 3 is 2.56 bits per heavy atom.